The molecule has 0 saturated heterocycles. The van der Waals surface area contributed by atoms with Gasteiger partial charge in [-0.2, -0.15) is 0 Å². The number of nitrogens with two attached hydrogens (primary N) is 1. The van der Waals surface area contributed by atoms with Gasteiger partial charge in [-0.1, -0.05) is 18.2 Å². The minimum atomic E-state index is 0.560. The van der Waals surface area contributed by atoms with Gasteiger partial charge in [0.15, 0.2) is 0 Å². The molecule has 0 heterocycles. The van der Waals surface area contributed by atoms with Gasteiger partial charge < -0.3 is 11.1 Å². The highest BCUT2D eigenvalue weighted by molar-refractivity contribution is 5.29. The van der Waals surface area contributed by atoms with E-state index >= 15 is 0 Å². The van der Waals surface area contributed by atoms with Crippen molar-refractivity contribution in [2.45, 2.75) is 20.3 Å². The molecule has 3 N–H and O–H groups in total. The van der Waals surface area contributed by atoms with Crippen LogP contribution in [0.3, 0.4) is 0 Å². The lowest BCUT2D eigenvalue weighted by molar-refractivity contribution is 0.701. The zero-order valence-corrected chi connectivity index (χ0v) is 8.43. The molecule has 2 heteroatoms. The summed E-state index contributed by atoms with van der Waals surface area (Å²) in [5.74, 6) is 0. The van der Waals surface area contributed by atoms with E-state index in [1.54, 1.807) is 0 Å². The minimum absolute atomic E-state index is 0.560. The average molecular weight is 178 g/mol. The molecular formula is C11H18N2. The summed E-state index contributed by atoms with van der Waals surface area (Å²) >= 11 is 0. The van der Waals surface area contributed by atoms with Crippen LogP contribution in [0, 0.1) is 13.8 Å². The molecule has 0 amide bonds. The lowest BCUT2D eigenvalue weighted by Crippen LogP contribution is -2.24. The molecule has 1 rings (SSSR count). The first-order valence-electron chi connectivity index (χ1n) is 4.71. The van der Waals surface area contributed by atoms with E-state index in [0.717, 1.165) is 13.0 Å². The van der Waals surface area contributed by atoms with Gasteiger partial charge in [-0.3, -0.25) is 0 Å². The maximum Gasteiger partial charge on any atom is 0.0428 e. The van der Waals surface area contributed by atoms with E-state index in [-0.39, 0.29) is 0 Å². The van der Waals surface area contributed by atoms with Crippen LogP contribution in [0.2, 0.25) is 0 Å². The predicted octanol–water partition coefficient (Wildman–Crippen LogP) is 1.35. The van der Waals surface area contributed by atoms with Crippen molar-refractivity contribution in [2.24, 2.45) is 5.73 Å². The van der Waals surface area contributed by atoms with Crippen LogP contribution in [0.25, 0.3) is 0 Å². The van der Waals surface area contributed by atoms with Crippen LogP contribution in [0.4, 0.5) is 0 Å². The van der Waals surface area contributed by atoms with Crippen molar-refractivity contribution in [3.05, 3.63) is 34.9 Å². The summed E-state index contributed by atoms with van der Waals surface area (Å²) in [6, 6.07) is 6.60. The number of hydrogen-bond donors (Lipinski definition) is 2. The van der Waals surface area contributed by atoms with Crippen molar-refractivity contribution >= 4 is 0 Å². The second-order valence-corrected chi connectivity index (χ2v) is 3.37. The molecule has 0 saturated carbocycles. The Bertz CT molecular complexity index is 269. The highest BCUT2D eigenvalue weighted by Crippen LogP contribution is 2.09. The highest BCUT2D eigenvalue weighted by Gasteiger charge is 1.95. The first-order valence-corrected chi connectivity index (χ1v) is 4.71. The predicted molar refractivity (Wildman–Crippen MR) is 56.7 cm³/mol. The Morgan fingerprint density at radius 2 is 2.00 bits per heavy atom. The third kappa shape index (κ3) is 3.17. The SMILES string of the molecule is Cc1ccc(CCNCN)cc1C. The molecule has 0 radical (unpaired) electrons. The van der Waals surface area contributed by atoms with Gasteiger partial charge in [-0.05, 0) is 37.0 Å². The molecule has 0 bridgehead atoms. The lowest BCUT2D eigenvalue weighted by Gasteiger charge is -2.05. The van der Waals surface area contributed by atoms with Gasteiger partial charge in [-0.25, -0.2) is 0 Å². The summed E-state index contributed by atoms with van der Waals surface area (Å²) < 4.78 is 0. The Kier molecular flexibility index (Phi) is 3.93. The molecule has 0 fully saturated rings. The number of benzene rings is 1. The quantitative estimate of drug-likeness (QED) is 0.539. The molecular weight excluding hydrogens is 160 g/mol. The number of nitrogens with one attached hydrogen (secondary N) is 1. The van der Waals surface area contributed by atoms with Gasteiger partial charge >= 0.3 is 0 Å². The zero-order valence-electron chi connectivity index (χ0n) is 8.43. The van der Waals surface area contributed by atoms with Gasteiger partial charge in [0.05, 0.1) is 0 Å². The Morgan fingerprint density at radius 1 is 1.23 bits per heavy atom. The molecule has 1 aromatic carbocycles. The molecule has 0 unspecified atom stereocenters. The largest absolute Gasteiger partial charge is 0.318 e. The van der Waals surface area contributed by atoms with E-state index in [9.17, 15) is 0 Å². The number of hydrogen-bond acceptors (Lipinski definition) is 2. The van der Waals surface area contributed by atoms with Crippen LogP contribution in [0.15, 0.2) is 18.2 Å². The molecule has 0 atom stereocenters. The fraction of sp³-hybridized carbons (Fsp3) is 0.455. The minimum Gasteiger partial charge on any atom is -0.318 e. The molecule has 1 aromatic rings. The molecule has 0 aromatic heterocycles. The molecule has 0 spiro atoms. The van der Waals surface area contributed by atoms with Crippen LogP contribution in [-0.2, 0) is 6.42 Å². The summed E-state index contributed by atoms with van der Waals surface area (Å²) in [4.78, 5) is 0. The van der Waals surface area contributed by atoms with E-state index < -0.39 is 0 Å². The molecule has 0 aliphatic carbocycles. The van der Waals surface area contributed by atoms with E-state index in [0.29, 0.717) is 6.67 Å². The Labute approximate surface area is 80.1 Å². The Balaban J connectivity index is 2.53. The van der Waals surface area contributed by atoms with E-state index in [1.807, 2.05) is 0 Å². The molecule has 13 heavy (non-hydrogen) atoms. The van der Waals surface area contributed by atoms with Crippen molar-refractivity contribution in [1.82, 2.24) is 5.32 Å². The molecule has 72 valence electrons. The van der Waals surface area contributed by atoms with E-state index in [1.165, 1.54) is 16.7 Å². The fourth-order valence-electron chi connectivity index (χ4n) is 1.29. The standard InChI is InChI=1S/C11H18N2/c1-9-3-4-11(7-10(9)2)5-6-13-8-12/h3-4,7,13H,5-6,8,12H2,1-2H3. The van der Waals surface area contributed by atoms with Crippen LogP contribution in [0.1, 0.15) is 16.7 Å². The van der Waals surface area contributed by atoms with Gasteiger partial charge in [0.25, 0.3) is 0 Å². The van der Waals surface area contributed by atoms with Gasteiger partial charge in [-0.15, -0.1) is 0 Å². The topological polar surface area (TPSA) is 38.0 Å². The third-order valence-corrected chi connectivity index (χ3v) is 2.31. The summed E-state index contributed by atoms with van der Waals surface area (Å²) in [5, 5.41) is 3.11. The highest BCUT2D eigenvalue weighted by atomic mass is 14.9. The van der Waals surface area contributed by atoms with Crippen LogP contribution < -0.4 is 11.1 Å². The molecule has 0 aliphatic heterocycles. The van der Waals surface area contributed by atoms with Gasteiger partial charge in [0.2, 0.25) is 0 Å². The first kappa shape index (κ1) is 10.2. The van der Waals surface area contributed by atoms with Gasteiger partial charge in [0, 0.05) is 13.2 Å². The van der Waals surface area contributed by atoms with Crippen molar-refractivity contribution in [1.29, 1.82) is 0 Å². The van der Waals surface area contributed by atoms with Crippen molar-refractivity contribution < 1.29 is 0 Å². The first-order chi connectivity index (χ1) is 6.24. The number of rotatable bonds is 4. The maximum absolute atomic E-state index is 5.34. The van der Waals surface area contributed by atoms with Crippen LogP contribution >= 0.6 is 0 Å². The normalized spacial score (nSPS) is 10.4. The second-order valence-electron chi connectivity index (χ2n) is 3.37. The smallest absolute Gasteiger partial charge is 0.0428 e. The monoisotopic (exact) mass is 178 g/mol. The molecule has 0 aliphatic rings. The summed E-state index contributed by atoms with van der Waals surface area (Å²) in [6.07, 6.45) is 1.05. The van der Waals surface area contributed by atoms with Crippen LogP contribution in [0.5, 0.6) is 0 Å². The van der Waals surface area contributed by atoms with E-state index in [2.05, 4.69) is 37.4 Å². The zero-order chi connectivity index (χ0) is 9.68. The fourth-order valence-corrected chi connectivity index (χ4v) is 1.29. The summed E-state index contributed by atoms with van der Waals surface area (Å²) in [5.41, 5.74) is 9.44. The van der Waals surface area contributed by atoms with Gasteiger partial charge in [0.1, 0.15) is 0 Å². The third-order valence-electron chi connectivity index (χ3n) is 2.31. The lowest BCUT2D eigenvalue weighted by atomic mass is 10.0. The van der Waals surface area contributed by atoms with Crippen molar-refractivity contribution in [3.8, 4) is 0 Å². The second kappa shape index (κ2) is 5.00. The Morgan fingerprint density at radius 3 is 2.62 bits per heavy atom. The number of aryl methyl sites for hydroxylation is 2. The van der Waals surface area contributed by atoms with Crippen molar-refractivity contribution in [2.75, 3.05) is 13.2 Å². The summed E-state index contributed by atoms with van der Waals surface area (Å²) in [6.45, 7) is 5.80. The Hall–Kier alpha value is -0.860. The molecule has 2 nitrogen and oxygen atoms in total. The van der Waals surface area contributed by atoms with Crippen LogP contribution in [-0.4, -0.2) is 13.2 Å². The van der Waals surface area contributed by atoms with E-state index in [4.69, 9.17) is 5.73 Å². The average Bonchev–Trinajstić information content (AvgIpc) is 2.12. The maximum atomic E-state index is 5.34. The van der Waals surface area contributed by atoms with Crippen molar-refractivity contribution in [3.63, 3.8) is 0 Å². The summed E-state index contributed by atoms with van der Waals surface area (Å²) in [7, 11) is 0.